The first-order chi connectivity index (χ1) is 7.67. The van der Waals surface area contributed by atoms with E-state index in [1.54, 1.807) is 26.0 Å². The third kappa shape index (κ3) is 3.74. The Bertz CT molecular complexity index is 335. The summed E-state index contributed by atoms with van der Waals surface area (Å²) in [6.45, 7) is 3.78. The molecule has 0 spiro atoms. The first-order valence-corrected chi connectivity index (χ1v) is 5.69. The predicted molar refractivity (Wildman–Crippen MR) is 62.7 cm³/mol. The Hall–Kier alpha value is -1.22. The van der Waals surface area contributed by atoms with Crippen LogP contribution in [0, 0.1) is 0 Å². The first kappa shape index (κ1) is 12.8. The number of carbonyl (C=O) groups excluding carboxylic acids is 1. The monoisotopic (exact) mass is 242 g/mol. The molecule has 16 heavy (non-hydrogen) atoms. The van der Waals surface area contributed by atoms with Crippen LogP contribution in [0.3, 0.4) is 0 Å². The van der Waals surface area contributed by atoms with Gasteiger partial charge in [-0.2, -0.15) is 0 Å². The van der Waals surface area contributed by atoms with E-state index in [4.69, 9.17) is 21.1 Å². The van der Waals surface area contributed by atoms with Crippen LogP contribution in [0.25, 0.3) is 0 Å². The van der Waals surface area contributed by atoms with Crippen molar-refractivity contribution >= 4 is 17.6 Å². The lowest BCUT2D eigenvalue weighted by Gasteiger charge is -2.13. The summed E-state index contributed by atoms with van der Waals surface area (Å²) >= 11 is 5.66. The van der Waals surface area contributed by atoms with Crippen molar-refractivity contribution in [2.45, 2.75) is 25.8 Å². The maximum atomic E-state index is 11.3. The van der Waals surface area contributed by atoms with Crippen molar-refractivity contribution < 1.29 is 14.3 Å². The number of hydrogen-bond donors (Lipinski definition) is 0. The molecular weight excluding hydrogens is 228 g/mol. The molecule has 0 bridgehead atoms. The van der Waals surface area contributed by atoms with Crippen LogP contribution in [0.5, 0.6) is 5.75 Å². The van der Waals surface area contributed by atoms with Crippen molar-refractivity contribution in [3.05, 3.63) is 29.8 Å². The lowest BCUT2D eigenvalue weighted by molar-refractivity contribution is -0.150. The van der Waals surface area contributed by atoms with Gasteiger partial charge in [-0.25, -0.2) is 4.79 Å². The zero-order chi connectivity index (χ0) is 12.0. The molecule has 4 heteroatoms. The second-order valence-electron chi connectivity index (χ2n) is 3.29. The summed E-state index contributed by atoms with van der Waals surface area (Å²) in [7, 11) is 0. The standard InChI is InChI=1S/C12H15ClO3/c1-3-15-12(14)9(2)16-11-6-4-10(8-13)5-7-11/h4-7,9H,3,8H2,1-2H3. The molecule has 0 aliphatic heterocycles. The number of benzene rings is 1. The van der Waals surface area contributed by atoms with E-state index in [0.29, 0.717) is 18.2 Å². The van der Waals surface area contributed by atoms with Crippen molar-refractivity contribution in [3.63, 3.8) is 0 Å². The molecule has 0 radical (unpaired) electrons. The highest BCUT2D eigenvalue weighted by Crippen LogP contribution is 2.15. The number of hydrogen-bond acceptors (Lipinski definition) is 3. The van der Waals surface area contributed by atoms with Gasteiger partial charge in [0.1, 0.15) is 5.75 Å². The van der Waals surface area contributed by atoms with E-state index in [2.05, 4.69) is 0 Å². The normalized spacial score (nSPS) is 11.9. The Balaban J connectivity index is 2.55. The minimum absolute atomic E-state index is 0.357. The Kier molecular flexibility index (Phi) is 5.12. The van der Waals surface area contributed by atoms with Gasteiger partial charge in [-0.15, -0.1) is 11.6 Å². The van der Waals surface area contributed by atoms with Gasteiger partial charge >= 0.3 is 5.97 Å². The Labute approximate surface area is 100 Å². The van der Waals surface area contributed by atoms with Crippen molar-refractivity contribution in [2.75, 3.05) is 6.61 Å². The van der Waals surface area contributed by atoms with E-state index in [9.17, 15) is 4.79 Å². The fourth-order valence-corrected chi connectivity index (χ4v) is 1.35. The van der Waals surface area contributed by atoms with E-state index < -0.39 is 6.10 Å². The van der Waals surface area contributed by atoms with Crippen LogP contribution in [0.2, 0.25) is 0 Å². The summed E-state index contributed by atoms with van der Waals surface area (Å²) in [6, 6.07) is 7.29. The molecule has 1 aromatic carbocycles. The summed E-state index contributed by atoms with van der Waals surface area (Å²) in [5.74, 6) is 0.742. The minimum Gasteiger partial charge on any atom is -0.479 e. The molecule has 0 heterocycles. The van der Waals surface area contributed by atoms with Gasteiger partial charge in [-0.05, 0) is 31.5 Å². The van der Waals surface area contributed by atoms with Crippen LogP contribution in [0.15, 0.2) is 24.3 Å². The van der Waals surface area contributed by atoms with Crippen LogP contribution >= 0.6 is 11.6 Å². The quantitative estimate of drug-likeness (QED) is 0.588. The van der Waals surface area contributed by atoms with Crippen LogP contribution in [-0.2, 0) is 15.4 Å². The summed E-state index contributed by atoms with van der Waals surface area (Å²) < 4.78 is 10.2. The second kappa shape index (κ2) is 6.38. The maximum absolute atomic E-state index is 11.3. The SMILES string of the molecule is CCOC(=O)C(C)Oc1ccc(CCl)cc1. The Morgan fingerprint density at radius 3 is 2.50 bits per heavy atom. The number of alkyl halides is 1. The first-order valence-electron chi connectivity index (χ1n) is 5.15. The number of carbonyl (C=O) groups is 1. The van der Waals surface area contributed by atoms with Crippen LogP contribution in [0.1, 0.15) is 19.4 Å². The number of rotatable bonds is 5. The van der Waals surface area contributed by atoms with Gasteiger partial charge in [0.05, 0.1) is 6.61 Å². The highest BCUT2D eigenvalue weighted by atomic mass is 35.5. The molecule has 0 saturated carbocycles. The number of esters is 1. The minimum atomic E-state index is -0.596. The van der Waals surface area contributed by atoms with Crippen LogP contribution < -0.4 is 4.74 Å². The van der Waals surface area contributed by atoms with Crippen molar-refractivity contribution in [2.24, 2.45) is 0 Å². The summed E-state index contributed by atoms with van der Waals surface area (Å²) in [4.78, 5) is 11.3. The fourth-order valence-electron chi connectivity index (χ4n) is 1.17. The highest BCUT2D eigenvalue weighted by molar-refractivity contribution is 6.17. The van der Waals surface area contributed by atoms with Gasteiger partial charge in [0.15, 0.2) is 6.10 Å². The lowest BCUT2D eigenvalue weighted by atomic mass is 10.2. The summed E-state index contributed by atoms with van der Waals surface area (Å²) in [5, 5.41) is 0. The molecule has 0 fully saturated rings. The number of halogens is 1. The fraction of sp³-hybridized carbons (Fsp3) is 0.417. The molecule has 1 atom stereocenters. The van der Waals surface area contributed by atoms with Gasteiger partial charge in [0, 0.05) is 5.88 Å². The molecule has 0 amide bonds. The molecule has 1 unspecified atom stereocenters. The van der Waals surface area contributed by atoms with E-state index >= 15 is 0 Å². The second-order valence-corrected chi connectivity index (χ2v) is 3.56. The molecule has 0 aromatic heterocycles. The molecule has 0 aliphatic carbocycles. The number of ether oxygens (including phenoxy) is 2. The zero-order valence-electron chi connectivity index (χ0n) is 9.40. The average molecular weight is 243 g/mol. The zero-order valence-corrected chi connectivity index (χ0v) is 10.2. The van der Waals surface area contributed by atoms with Crippen LogP contribution in [0.4, 0.5) is 0 Å². The third-order valence-corrected chi connectivity index (χ3v) is 2.32. The maximum Gasteiger partial charge on any atom is 0.347 e. The predicted octanol–water partition coefficient (Wildman–Crippen LogP) is 2.76. The Morgan fingerprint density at radius 1 is 1.38 bits per heavy atom. The van der Waals surface area contributed by atoms with Crippen molar-refractivity contribution in [1.29, 1.82) is 0 Å². The van der Waals surface area contributed by atoms with Crippen LogP contribution in [-0.4, -0.2) is 18.7 Å². The molecule has 1 rings (SSSR count). The molecule has 3 nitrogen and oxygen atoms in total. The average Bonchev–Trinajstić information content (AvgIpc) is 2.30. The smallest absolute Gasteiger partial charge is 0.347 e. The topological polar surface area (TPSA) is 35.5 Å². The summed E-state index contributed by atoms with van der Waals surface area (Å²) in [6.07, 6.45) is -0.596. The molecule has 88 valence electrons. The van der Waals surface area contributed by atoms with E-state index in [1.807, 2.05) is 12.1 Å². The van der Waals surface area contributed by atoms with Crippen molar-refractivity contribution in [3.8, 4) is 5.75 Å². The Morgan fingerprint density at radius 2 is 2.00 bits per heavy atom. The molecule has 0 aliphatic rings. The molecular formula is C12H15ClO3. The highest BCUT2D eigenvalue weighted by Gasteiger charge is 2.15. The largest absolute Gasteiger partial charge is 0.479 e. The van der Waals surface area contributed by atoms with Gasteiger partial charge in [0.25, 0.3) is 0 Å². The lowest BCUT2D eigenvalue weighted by Crippen LogP contribution is -2.26. The van der Waals surface area contributed by atoms with Gasteiger partial charge in [0.2, 0.25) is 0 Å². The molecule has 1 aromatic rings. The summed E-state index contributed by atoms with van der Waals surface area (Å²) in [5.41, 5.74) is 1.01. The van der Waals surface area contributed by atoms with Gasteiger partial charge < -0.3 is 9.47 Å². The third-order valence-electron chi connectivity index (χ3n) is 2.01. The van der Waals surface area contributed by atoms with E-state index in [0.717, 1.165) is 5.56 Å². The molecule has 0 saturated heterocycles. The molecule has 0 N–H and O–H groups in total. The van der Waals surface area contributed by atoms with Gasteiger partial charge in [-0.1, -0.05) is 12.1 Å². The van der Waals surface area contributed by atoms with Gasteiger partial charge in [-0.3, -0.25) is 0 Å². The van der Waals surface area contributed by atoms with E-state index in [1.165, 1.54) is 0 Å². The van der Waals surface area contributed by atoms with E-state index in [-0.39, 0.29) is 5.97 Å². The van der Waals surface area contributed by atoms with Crippen molar-refractivity contribution in [1.82, 2.24) is 0 Å².